The molecule has 3 aromatic rings. The number of H-pyrrole nitrogens is 1. The van der Waals surface area contributed by atoms with Gasteiger partial charge >= 0.3 is 5.69 Å². The molecule has 0 bridgehead atoms. The average molecular weight is 260 g/mol. The van der Waals surface area contributed by atoms with E-state index in [1.807, 2.05) is 19.2 Å². The van der Waals surface area contributed by atoms with E-state index < -0.39 is 0 Å². The quantitative estimate of drug-likeness (QED) is 0.689. The number of imidazole rings is 1. The van der Waals surface area contributed by atoms with Crippen LogP contribution in [0.15, 0.2) is 29.2 Å². The first-order valence-electron chi connectivity index (χ1n) is 5.53. The predicted octanol–water partition coefficient (Wildman–Crippen LogP) is 1.73. The molecule has 0 aliphatic carbocycles. The van der Waals surface area contributed by atoms with E-state index in [0.29, 0.717) is 12.2 Å². The van der Waals surface area contributed by atoms with Crippen molar-refractivity contribution in [2.45, 2.75) is 13.5 Å². The average Bonchev–Trinajstić information content (AvgIpc) is 2.86. The van der Waals surface area contributed by atoms with E-state index in [2.05, 4.69) is 9.97 Å². The first-order valence-corrected chi connectivity index (χ1v) is 6.34. The molecule has 0 unspecified atom stereocenters. The maximum absolute atomic E-state index is 11.9. The third kappa shape index (κ3) is 1.80. The number of benzene rings is 1. The lowest BCUT2D eigenvalue weighted by atomic mass is 10.3. The number of hydrogen-bond acceptors (Lipinski definition) is 4. The molecule has 0 radical (unpaired) electrons. The SMILES string of the molecule is Cc1cnc(Cn2c(=O)[nH]c3ccc(N)cc32)s1. The minimum absolute atomic E-state index is 0.136. The lowest BCUT2D eigenvalue weighted by Crippen LogP contribution is -2.17. The fourth-order valence-electron chi connectivity index (χ4n) is 1.94. The maximum atomic E-state index is 11.9. The monoisotopic (exact) mass is 260 g/mol. The number of nitrogens with one attached hydrogen (secondary N) is 1. The van der Waals surface area contributed by atoms with Crippen LogP contribution < -0.4 is 11.4 Å². The molecule has 0 saturated carbocycles. The van der Waals surface area contributed by atoms with Crippen molar-refractivity contribution in [3.05, 3.63) is 44.8 Å². The van der Waals surface area contributed by atoms with Gasteiger partial charge in [0.2, 0.25) is 0 Å². The van der Waals surface area contributed by atoms with Gasteiger partial charge in [-0.2, -0.15) is 0 Å². The zero-order valence-electron chi connectivity index (χ0n) is 9.80. The molecule has 2 aromatic heterocycles. The molecule has 0 aliphatic rings. The van der Waals surface area contributed by atoms with E-state index in [-0.39, 0.29) is 5.69 Å². The molecule has 3 rings (SSSR count). The van der Waals surface area contributed by atoms with Crippen LogP contribution in [0.3, 0.4) is 0 Å². The Labute approximate surface area is 107 Å². The second-order valence-electron chi connectivity index (χ2n) is 4.16. The summed E-state index contributed by atoms with van der Waals surface area (Å²) in [6.07, 6.45) is 1.81. The number of anilines is 1. The Kier molecular flexibility index (Phi) is 2.45. The molecular weight excluding hydrogens is 248 g/mol. The van der Waals surface area contributed by atoms with Gasteiger partial charge in [0.1, 0.15) is 5.01 Å². The predicted molar refractivity (Wildman–Crippen MR) is 72.9 cm³/mol. The molecular formula is C12H12N4OS. The van der Waals surface area contributed by atoms with Crippen molar-refractivity contribution in [3.63, 3.8) is 0 Å². The fraction of sp³-hybridized carbons (Fsp3) is 0.167. The molecule has 0 fully saturated rings. The molecule has 6 heteroatoms. The molecule has 1 aromatic carbocycles. The van der Waals surface area contributed by atoms with Crippen LogP contribution in [0.1, 0.15) is 9.88 Å². The van der Waals surface area contributed by atoms with Crippen molar-refractivity contribution < 1.29 is 0 Å². The van der Waals surface area contributed by atoms with Crippen LogP contribution in [0.5, 0.6) is 0 Å². The van der Waals surface area contributed by atoms with Crippen LogP contribution in [0, 0.1) is 6.92 Å². The fourth-order valence-corrected chi connectivity index (χ4v) is 2.71. The van der Waals surface area contributed by atoms with Gasteiger partial charge in [0.25, 0.3) is 0 Å². The third-order valence-electron chi connectivity index (χ3n) is 2.76. The summed E-state index contributed by atoms with van der Waals surface area (Å²) in [5.74, 6) is 0. The lowest BCUT2D eigenvalue weighted by molar-refractivity contribution is 0.780. The maximum Gasteiger partial charge on any atom is 0.326 e. The molecule has 18 heavy (non-hydrogen) atoms. The highest BCUT2D eigenvalue weighted by atomic mass is 32.1. The number of hydrogen-bond donors (Lipinski definition) is 2. The zero-order chi connectivity index (χ0) is 12.7. The number of nitrogens with two attached hydrogens (primary N) is 1. The number of rotatable bonds is 2. The highest BCUT2D eigenvalue weighted by Gasteiger charge is 2.09. The molecule has 0 amide bonds. The van der Waals surface area contributed by atoms with Crippen LogP contribution in [-0.2, 0) is 6.54 Å². The summed E-state index contributed by atoms with van der Waals surface area (Å²) in [5.41, 5.74) is 7.87. The normalized spacial score (nSPS) is 11.2. The van der Waals surface area contributed by atoms with Crippen molar-refractivity contribution in [3.8, 4) is 0 Å². The number of nitrogen functional groups attached to an aromatic ring is 1. The van der Waals surface area contributed by atoms with Gasteiger partial charge in [-0.05, 0) is 25.1 Å². The van der Waals surface area contributed by atoms with Crippen LogP contribution in [-0.4, -0.2) is 14.5 Å². The Morgan fingerprint density at radius 1 is 1.50 bits per heavy atom. The highest BCUT2D eigenvalue weighted by Crippen LogP contribution is 2.17. The van der Waals surface area contributed by atoms with E-state index in [4.69, 9.17) is 5.73 Å². The van der Waals surface area contributed by atoms with Crippen molar-refractivity contribution in [2.75, 3.05) is 5.73 Å². The standard InChI is InChI=1S/C12H12N4OS/c1-7-5-14-11(18-7)6-16-10-4-8(13)2-3-9(10)15-12(16)17/h2-5H,6,13H2,1H3,(H,15,17). The van der Waals surface area contributed by atoms with E-state index in [1.165, 1.54) is 0 Å². The summed E-state index contributed by atoms with van der Waals surface area (Å²) >= 11 is 1.59. The second-order valence-corrected chi connectivity index (χ2v) is 5.48. The van der Waals surface area contributed by atoms with Crippen LogP contribution >= 0.6 is 11.3 Å². The largest absolute Gasteiger partial charge is 0.399 e. The van der Waals surface area contributed by atoms with Gasteiger partial charge < -0.3 is 10.7 Å². The van der Waals surface area contributed by atoms with Gasteiger partial charge in [0, 0.05) is 16.8 Å². The molecule has 0 atom stereocenters. The van der Waals surface area contributed by atoms with E-state index in [9.17, 15) is 4.79 Å². The molecule has 92 valence electrons. The van der Waals surface area contributed by atoms with E-state index in [1.54, 1.807) is 28.0 Å². The van der Waals surface area contributed by atoms with Gasteiger partial charge in [-0.15, -0.1) is 11.3 Å². The van der Waals surface area contributed by atoms with Gasteiger partial charge in [-0.25, -0.2) is 9.78 Å². The Bertz CT molecular complexity index is 768. The van der Waals surface area contributed by atoms with E-state index >= 15 is 0 Å². The first kappa shape index (κ1) is 11.0. The van der Waals surface area contributed by atoms with Gasteiger partial charge in [0.05, 0.1) is 17.6 Å². The Morgan fingerprint density at radius 3 is 3.06 bits per heavy atom. The number of nitrogens with zero attached hydrogens (tertiary/aromatic N) is 2. The Morgan fingerprint density at radius 2 is 2.33 bits per heavy atom. The summed E-state index contributed by atoms with van der Waals surface area (Å²) in [4.78, 5) is 20.1. The number of aromatic nitrogens is 3. The Balaban J connectivity index is 2.13. The first-order chi connectivity index (χ1) is 8.63. The van der Waals surface area contributed by atoms with Crippen molar-refractivity contribution in [1.29, 1.82) is 0 Å². The van der Waals surface area contributed by atoms with Gasteiger partial charge in [-0.1, -0.05) is 0 Å². The molecule has 0 aliphatic heterocycles. The zero-order valence-corrected chi connectivity index (χ0v) is 10.6. The number of aromatic amines is 1. The molecule has 5 nitrogen and oxygen atoms in total. The smallest absolute Gasteiger partial charge is 0.326 e. The molecule has 0 saturated heterocycles. The minimum Gasteiger partial charge on any atom is -0.399 e. The van der Waals surface area contributed by atoms with Gasteiger partial charge in [0.15, 0.2) is 0 Å². The summed E-state index contributed by atoms with van der Waals surface area (Å²) in [6, 6.07) is 5.39. The molecule has 3 N–H and O–H groups in total. The van der Waals surface area contributed by atoms with Crippen LogP contribution in [0.25, 0.3) is 11.0 Å². The van der Waals surface area contributed by atoms with Crippen molar-refractivity contribution in [1.82, 2.24) is 14.5 Å². The number of aryl methyl sites for hydroxylation is 1. The van der Waals surface area contributed by atoms with Crippen molar-refractivity contribution in [2.24, 2.45) is 0 Å². The summed E-state index contributed by atoms with van der Waals surface area (Å²) < 4.78 is 1.66. The van der Waals surface area contributed by atoms with Crippen LogP contribution in [0.4, 0.5) is 5.69 Å². The highest BCUT2D eigenvalue weighted by molar-refractivity contribution is 7.11. The summed E-state index contributed by atoms with van der Waals surface area (Å²) in [5, 5.41) is 0.915. The minimum atomic E-state index is -0.136. The molecule has 2 heterocycles. The Hall–Kier alpha value is -2.08. The topological polar surface area (TPSA) is 76.7 Å². The summed E-state index contributed by atoms with van der Waals surface area (Å²) in [6.45, 7) is 2.47. The molecule has 0 spiro atoms. The third-order valence-corrected chi connectivity index (χ3v) is 3.66. The number of thiazole rings is 1. The van der Waals surface area contributed by atoms with Gasteiger partial charge in [-0.3, -0.25) is 4.57 Å². The lowest BCUT2D eigenvalue weighted by Gasteiger charge is -2.00. The second kappa shape index (κ2) is 3.99. The van der Waals surface area contributed by atoms with E-state index in [0.717, 1.165) is 20.9 Å². The number of fused-ring (bicyclic) bond motifs is 1. The van der Waals surface area contributed by atoms with Crippen molar-refractivity contribution >= 4 is 28.1 Å². The van der Waals surface area contributed by atoms with Crippen LogP contribution in [0.2, 0.25) is 0 Å². The summed E-state index contributed by atoms with van der Waals surface area (Å²) in [7, 11) is 0.